The standard InChI is InChI=1S/C24H21N5O2/c25-13-17-11-18(27-9-2-10-30)4-5-19(17)20-6-7-22(28-15-31)24-21(20)12-23(29-24)16-3-1-8-26-14-16/h1-12,14-15,27,29H,13,25H2,(H,28,31). The number of rotatable bonds is 8. The van der Waals surface area contributed by atoms with Gasteiger partial charge < -0.3 is 21.4 Å². The summed E-state index contributed by atoms with van der Waals surface area (Å²) < 4.78 is 0. The third-order valence-electron chi connectivity index (χ3n) is 5.02. The summed E-state index contributed by atoms with van der Waals surface area (Å²) in [4.78, 5) is 29.2. The van der Waals surface area contributed by atoms with Crippen LogP contribution in [0.15, 0.2) is 73.2 Å². The van der Waals surface area contributed by atoms with Crippen molar-refractivity contribution in [2.75, 3.05) is 10.6 Å². The van der Waals surface area contributed by atoms with Crippen LogP contribution in [0.5, 0.6) is 0 Å². The van der Waals surface area contributed by atoms with E-state index >= 15 is 0 Å². The van der Waals surface area contributed by atoms with Gasteiger partial charge in [-0.15, -0.1) is 0 Å². The van der Waals surface area contributed by atoms with Crippen LogP contribution in [0.3, 0.4) is 0 Å². The highest BCUT2D eigenvalue weighted by atomic mass is 16.1. The largest absolute Gasteiger partial charge is 0.362 e. The normalized spacial score (nSPS) is 11.0. The second kappa shape index (κ2) is 9.06. The molecule has 0 aliphatic heterocycles. The SMILES string of the molecule is NCc1cc(NC=CC=O)ccc1-c1ccc(NC=O)c2[nH]c(-c3cccnc3)cc12. The molecule has 2 aromatic carbocycles. The molecular weight excluding hydrogens is 390 g/mol. The van der Waals surface area contributed by atoms with Gasteiger partial charge in [0.2, 0.25) is 6.41 Å². The Morgan fingerprint density at radius 3 is 2.65 bits per heavy atom. The number of hydrogen-bond donors (Lipinski definition) is 4. The molecule has 7 nitrogen and oxygen atoms in total. The van der Waals surface area contributed by atoms with Crippen molar-refractivity contribution in [3.63, 3.8) is 0 Å². The van der Waals surface area contributed by atoms with Crippen LogP contribution in [0.25, 0.3) is 33.3 Å². The Morgan fingerprint density at radius 1 is 1.03 bits per heavy atom. The number of amides is 1. The number of nitrogens with zero attached hydrogens (tertiary/aromatic N) is 1. The summed E-state index contributed by atoms with van der Waals surface area (Å²) in [6.45, 7) is 0.345. The van der Waals surface area contributed by atoms with Crippen LogP contribution in [0.1, 0.15) is 5.56 Å². The second-order valence-electron chi connectivity index (χ2n) is 6.85. The maximum absolute atomic E-state index is 11.1. The van der Waals surface area contributed by atoms with E-state index in [-0.39, 0.29) is 0 Å². The van der Waals surface area contributed by atoms with Crippen molar-refractivity contribution in [2.45, 2.75) is 6.54 Å². The Balaban J connectivity index is 1.86. The smallest absolute Gasteiger partial charge is 0.211 e. The highest BCUT2D eigenvalue weighted by molar-refractivity contribution is 6.06. The molecule has 154 valence electrons. The summed E-state index contributed by atoms with van der Waals surface area (Å²) >= 11 is 0. The van der Waals surface area contributed by atoms with Crippen molar-refractivity contribution in [1.29, 1.82) is 0 Å². The lowest BCUT2D eigenvalue weighted by molar-refractivity contribution is -0.105. The van der Waals surface area contributed by atoms with Gasteiger partial charge in [-0.25, -0.2) is 0 Å². The Bertz CT molecular complexity index is 1260. The third-order valence-corrected chi connectivity index (χ3v) is 5.02. The van der Waals surface area contributed by atoms with Crippen LogP contribution in [0, 0.1) is 0 Å². The first kappa shape index (κ1) is 20.1. The first-order valence-electron chi connectivity index (χ1n) is 9.71. The van der Waals surface area contributed by atoms with Gasteiger partial charge in [-0.2, -0.15) is 0 Å². The van der Waals surface area contributed by atoms with Crippen LogP contribution in [-0.2, 0) is 16.1 Å². The van der Waals surface area contributed by atoms with E-state index in [0.29, 0.717) is 24.9 Å². The Kier molecular flexibility index (Phi) is 5.86. The molecule has 0 saturated carbocycles. The number of carbonyl (C=O) groups is 2. The topological polar surface area (TPSA) is 113 Å². The predicted molar refractivity (Wildman–Crippen MR) is 123 cm³/mol. The minimum absolute atomic E-state index is 0.345. The van der Waals surface area contributed by atoms with Crippen molar-refractivity contribution < 1.29 is 9.59 Å². The van der Waals surface area contributed by atoms with E-state index < -0.39 is 0 Å². The van der Waals surface area contributed by atoms with Gasteiger partial charge in [0.05, 0.1) is 11.2 Å². The fourth-order valence-electron chi connectivity index (χ4n) is 3.61. The van der Waals surface area contributed by atoms with E-state index in [4.69, 9.17) is 5.73 Å². The molecule has 31 heavy (non-hydrogen) atoms. The molecule has 7 heteroatoms. The number of aldehydes is 1. The quantitative estimate of drug-likeness (QED) is 0.258. The molecule has 0 radical (unpaired) electrons. The van der Waals surface area contributed by atoms with Crippen molar-refractivity contribution in [1.82, 2.24) is 9.97 Å². The third kappa shape index (κ3) is 4.08. The van der Waals surface area contributed by atoms with Gasteiger partial charge in [0.25, 0.3) is 0 Å². The van der Waals surface area contributed by atoms with Gasteiger partial charge in [-0.1, -0.05) is 12.1 Å². The molecule has 0 aliphatic rings. The first-order chi connectivity index (χ1) is 15.2. The number of nitrogens with one attached hydrogen (secondary N) is 3. The summed E-state index contributed by atoms with van der Waals surface area (Å²) in [5, 5.41) is 6.78. The van der Waals surface area contributed by atoms with Crippen molar-refractivity contribution in [3.8, 4) is 22.4 Å². The van der Waals surface area contributed by atoms with E-state index in [1.165, 1.54) is 6.08 Å². The zero-order chi connectivity index (χ0) is 21.6. The molecule has 0 spiro atoms. The molecule has 4 aromatic rings. The molecule has 2 heterocycles. The van der Waals surface area contributed by atoms with Crippen LogP contribution >= 0.6 is 0 Å². The molecule has 0 fully saturated rings. The Hall–Kier alpha value is -4.23. The highest BCUT2D eigenvalue weighted by Gasteiger charge is 2.15. The fourth-order valence-corrected chi connectivity index (χ4v) is 3.61. The van der Waals surface area contributed by atoms with E-state index in [9.17, 15) is 9.59 Å². The average Bonchev–Trinajstić information content (AvgIpc) is 3.26. The maximum atomic E-state index is 11.1. The molecule has 5 N–H and O–H groups in total. The van der Waals surface area contributed by atoms with Crippen molar-refractivity contribution >= 4 is 35.0 Å². The number of nitrogens with two attached hydrogens (primary N) is 1. The van der Waals surface area contributed by atoms with E-state index in [1.54, 1.807) is 18.6 Å². The average molecular weight is 411 g/mol. The zero-order valence-corrected chi connectivity index (χ0v) is 16.6. The number of anilines is 2. The molecule has 0 aliphatic carbocycles. The minimum atomic E-state index is 0.345. The summed E-state index contributed by atoms with van der Waals surface area (Å²) in [5.41, 5.74) is 13.2. The number of pyridine rings is 1. The second-order valence-corrected chi connectivity index (χ2v) is 6.85. The van der Waals surface area contributed by atoms with Crippen molar-refractivity contribution in [3.05, 3.63) is 78.8 Å². The van der Waals surface area contributed by atoms with Gasteiger partial charge >= 0.3 is 0 Å². The molecule has 1 amide bonds. The molecule has 2 aromatic heterocycles. The number of allylic oxidation sites excluding steroid dienone is 1. The Morgan fingerprint density at radius 2 is 1.90 bits per heavy atom. The van der Waals surface area contributed by atoms with Crippen molar-refractivity contribution in [2.24, 2.45) is 5.73 Å². The molecule has 0 atom stereocenters. The molecule has 0 unspecified atom stereocenters. The lowest BCUT2D eigenvalue weighted by Crippen LogP contribution is -2.01. The number of aromatic amines is 1. The van der Waals surface area contributed by atoms with Crippen LogP contribution in [0.2, 0.25) is 0 Å². The number of aromatic nitrogens is 2. The summed E-state index contributed by atoms with van der Waals surface area (Å²) in [7, 11) is 0. The number of fused-ring (bicyclic) bond motifs is 1. The van der Waals surface area contributed by atoms with Gasteiger partial charge in [0.1, 0.15) is 6.29 Å². The summed E-state index contributed by atoms with van der Waals surface area (Å²) in [5.74, 6) is 0. The summed E-state index contributed by atoms with van der Waals surface area (Å²) in [6.07, 6.45) is 7.85. The highest BCUT2D eigenvalue weighted by Crippen LogP contribution is 2.38. The van der Waals surface area contributed by atoms with Crippen LogP contribution in [-0.4, -0.2) is 22.7 Å². The lowest BCUT2D eigenvalue weighted by Gasteiger charge is -2.13. The van der Waals surface area contributed by atoms with E-state index in [2.05, 4.69) is 26.7 Å². The summed E-state index contributed by atoms with van der Waals surface area (Å²) in [6, 6.07) is 15.6. The van der Waals surface area contributed by atoms with Crippen LogP contribution in [0.4, 0.5) is 11.4 Å². The first-order valence-corrected chi connectivity index (χ1v) is 9.71. The number of benzene rings is 2. The lowest BCUT2D eigenvalue weighted by atomic mass is 9.95. The van der Waals surface area contributed by atoms with Gasteiger partial charge in [0.15, 0.2) is 0 Å². The molecule has 0 bridgehead atoms. The van der Waals surface area contributed by atoms with E-state index in [1.807, 2.05) is 42.5 Å². The number of hydrogen-bond acceptors (Lipinski definition) is 5. The zero-order valence-electron chi connectivity index (χ0n) is 16.6. The number of H-pyrrole nitrogens is 1. The minimum Gasteiger partial charge on any atom is -0.362 e. The van der Waals surface area contributed by atoms with E-state index in [0.717, 1.165) is 44.5 Å². The predicted octanol–water partition coefficient (Wildman–Crippen LogP) is 4.05. The van der Waals surface area contributed by atoms with Gasteiger partial charge in [0, 0.05) is 47.5 Å². The Labute approximate surface area is 179 Å². The molecule has 0 saturated heterocycles. The fraction of sp³-hybridized carbons (Fsp3) is 0.0417. The van der Waals surface area contributed by atoms with Gasteiger partial charge in [-0.05, 0) is 59.2 Å². The molecular formula is C24H21N5O2. The van der Waals surface area contributed by atoms with Crippen LogP contribution < -0.4 is 16.4 Å². The van der Waals surface area contributed by atoms with Gasteiger partial charge in [-0.3, -0.25) is 14.6 Å². The maximum Gasteiger partial charge on any atom is 0.211 e. The number of carbonyl (C=O) groups excluding carboxylic acids is 2. The molecule has 4 rings (SSSR count). The monoisotopic (exact) mass is 411 g/mol.